The van der Waals surface area contributed by atoms with Crippen LogP contribution in [0.15, 0.2) is 36.5 Å². The number of halogens is 3. The van der Waals surface area contributed by atoms with Crippen molar-refractivity contribution in [3.05, 3.63) is 58.9 Å². The first-order valence-electron chi connectivity index (χ1n) is 11.4. The van der Waals surface area contributed by atoms with E-state index in [4.69, 9.17) is 4.74 Å². The Balaban J connectivity index is 1.52. The number of allylic oxidation sites excluding steroid dienone is 2. The van der Waals surface area contributed by atoms with Crippen molar-refractivity contribution >= 4 is 11.8 Å². The predicted molar refractivity (Wildman–Crippen MR) is 120 cm³/mol. The van der Waals surface area contributed by atoms with Crippen LogP contribution in [0.4, 0.5) is 13.2 Å². The van der Waals surface area contributed by atoms with E-state index in [-0.39, 0.29) is 23.9 Å². The van der Waals surface area contributed by atoms with Crippen LogP contribution in [-0.4, -0.2) is 33.2 Å². The number of phenols is 1. The molecule has 1 aliphatic rings. The molecule has 3 rings (SSSR count). The van der Waals surface area contributed by atoms with Gasteiger partial charge in [-0.05, 0) is 69.6 Å². The van der Waals surface area contributed by atoms with Gasteiger partial charge in [0, 0.05) is 18.5 Å². The third-order valence-corrected chi connectivity index (χ3v) is 6.15. The number of hydrogen-bond acceptors (Lipinski definition) is 5. The van der Waals surface area contributed by atoms with Gasteiger partial charge in [0.2, 0.25) is 0 Å². The van der Waals surface area contributed by atoms with Crippen LogP contribution < -0.4 is 0 Å². The standard InChI is InChI=1S/C25H29F3N2O4/c1-3-34-24(33)23-16(2)14-29-30(23)15-18-9-7-17(8-10-18)5-4-6-21(31)20-13-19(25(26,27)28)11-12-22(20)32/h4-5,11-14,17-18,32H,3,6-10,15H2,1-2H3/b5-4+. The molecule has 1 aromatic heterocycles. The zero-order chi connectivity index (χ0) is 24.9. The zero-order valence-electron chi connectivity index (χ0n) is 19.3. The molecule has 2 aromatic rings. The summed E-state index contributed by atoms with van der Waals surface area (Å²) in [5.41, 5.74) is -0.0173. The van der Waals surface area contributed by atoms with Crippen LogP contribution in [0.1, 0.15) is 71.0 Å². The van der Waals surface area contributed by atoms with Gasteiger partial charge in [-0.3, -0.25) is 9.48 Å². The number of ether oxygens (including phenoxy) is 1. The van der Waals surface area contributed by atoms with Gasteiger partial charge in [-0.15, -0.1) is 0 Å². The van der Waals surface area contributed by atoms with E-state index in [9.17, 15) is 27.9 Å². The number of benzene rings is 1. The molecular weight excluding hydrogens is 449 g/mol. The van der Waals surface area contributed by atoms with E-state index in [1.54, 1.807) is 23.9 Å². The number of aromatic nitrogens is 2. The molecule has 1 fully saturated rings. The van der Waals surface area contributed by atoms with Crippen molar-refractivity contribution in [1.82, 2.24) is 9.78 Å². The fraction of sp³-hybridized carbons (Fsp3) is 0.480. The molecule has 0 radical (unpaired) electrons. The highest BCUT2D eigenvalue weighted by atomic mass is 19.4. The second-order valence-electron chi connectivity index (χ2n) is 8.64. The minimum absolute atomic E-state index is 0.0791. The summed E-state index contributed by atoms with van der Waals surface area (Å²) in [6.45, 7) is 4.53. The van der Waals surface area contributed by atoms with Crippen LogP contribution in [0, 0.1) is 18.8 Å². The number of carbonyl (C=O) groups is 2. The number of Topliss-reactive ketones (excluding diaryl/α,β-unsaturated/α-hetero) is 1. The maximum atomic E-state index is 12.9. The van der Waals surface area contributed by atoms with Crippen molar-refractivity contribution in [2.75, 3.05) is 6.61 Å². The van der Waals surface area contributed by atoms with Gasteiger partial charge >= 0.3 is 12.1 Å². The first-order valence-corrected chi connectivity index (χ1v) is 11.4. The van der Waals surface area contributed by atoms with Gasteiger partial charge in [-0.2, -0.15) is 18.3 Å². The summed E-state index contributed by atoms with van der Waals surface area (Å²) in [4.78, 5) is 24.6. The lowest BCUT2D eigenvalue weighted by Crippen LogP contribution is -2.22. The molecule has 1 saturated carbocycles. The van der Waals surface area contributed by atoms with Gasteiger partial charge in [-0.25, -0.2) is 4.79 Å². The number of ketones is 1. The maximum Gasteiger partial charge on any atom is 0.416 e. The summed E-state index contributed by atoms with van der Waals surface area (Å²) in [5.74, 6) is -0.758. The van der Waals surface area contributed by atoms with Gasteiger partial charge in [0.25, 0.3) is 0 Å². The average Bonchev–Trinajstić information content (AvgIpc) is 3.14. The quantitative estimate of drug-likeness (QED) is 0.298. The summed E-state index contributed by atoms with van der Waals surface area (Å²) in [6.07, 6.45) is 4.27. The van der Waals surface area contributed by atoms with Gasteiger partial charge in [0.15, 0.2) is 5.78 Å². The van der Waals surface area contributed by atoms with Crippen LogP contribution in [0.5, 0.6) is 5.75 Å². The van der Waals surface area contributed by atoms with Gasteiger partial charge in [0.05, 0.1) is 23.9 Å². The zero-order valence-corrected chi connectivity index (χ0v) is 19.3. The first-order chi connectivity index (χ1) is 16.1. The van der Waals surface area contributed by atoms with Crippen LogP contribution in [-0.2, 0) is 17.5 Å². The third kappa shape index (κ3) is 6.27. The number of hydrogen-bond donors (Lipinski definition) is 1. The molecule has 34 heavy (non-hydrogen) atoms. The summed E-state index contributed by atoms with van der Waals surface area (Å²) < 4.78 is 45.5. The molecule has 0 saturated heterocycles. The van der Waals surface area contributed by atoms with Crippen LogP contribution in [0.25, 0.3) is 0 Å². The molecule has 1 N–H and O–H groups in total. The minimum atomic E-state index is -4.58. The Morgan fingerprint density at radius 2 is 1.94 bits per heavy atom. The summed E-state index contributed by atoms with van der Waals surface area (Å²) in [7, 11) is 0. The Hall–Kier alpha value is -3.10. The molecule has 0 bridgehead atoms. The van der Waals surface area contributed by atoms with Crippen molar-refractivity contribution in [3.63, 3.8) is 0 Å². The monoisotopic (exact) mass is 478 g/mol. The van der Waals surface area contributed by atoms with Crippen LogP contribution in [0.2, 0.25) is 0 Å². The Kier molecular flexibility index (Phi) is 8.17. The van der Waals surface area contributed by atoms with Gasteiger partial charge in [-0.1, -0.05) is 12.2 Å². The van der Waals surface area contributed by atoms with E-state index in [1.807, 2.05) is 13.0 Å². The number of phenolic OH excluding ortho intramolecular Hbond substituents is 1. The maximum absolute atomic E-state index is 12.9. The third-order valence-electron chi connectivity index (χ3n) is 6.15. The lowest BCUT2D eigenvalue weighted by Gasteiger charge is -2.27. The van der Waals surface area contributed by atoms with Gasteiger partial charge < -0.3 is 9.84 Å². The number of aromatic hydroxyl groups is 1. The number of carbonyl (C=O) groups excluding carboxylic acids is 2. The van der Waals surface area contributed by atoms with E-state index in [0.29, 0.717) is 30.8 Å². The van der Waals surface area contributed by atoms with Crippen molar-refractivity contribution < 1.29 is 32.6 Å². The molecule has 9 heteroatoms. The highest BCUT2D eigenvalue weighted by Crippen LogP contribution is 2.33. The highest BCUT2D eigenvalue weighted by molar-refractivity contribution is 5.99. The molecule has 0 unspecified atom stereocenters. The average molecular weight is 479 g/mol. The van der Waals surface area contributed by atoms with Crippen LogP contribution in [0.3, 0.4) is 0 Å². The molecule has 0 spiro atoms. The van der Waals surface area contributed by atoms with E-state index in [0.717, 1.165) is 43.4 Å². The lowest BCUT2D eigenvalue weighted by molar-refractivity contribution is -0.137. The molecule has 0 amide bonds. The fourth-order valence-corrected chi connectivity index (χ4v) is 4.30. The molecular formula is C25H29F3N2O4. The number of nitrogens with zero attached hydrogens (tertiary/aromatic N) is 2. The number of aryl methyl sites for hydroxylation is 1. The second-order valence-corrected chi connectivity index (χ2v) is 8.64. The Morgan fingerprint density at radius 3 is 2.59 bits per heavy atom. The first kappa shape index (κ1) is 25.5. The van der Waals surface area contributed by atoms with E-state index in [2.05, 4.69) is 5.10 Å². The van der Waals surface area contributed by atoms with E-state index < -0.39 is 23.3 Å². The largest absolute Gasteiger partial charge is 0.507 e. The summed E-state index contributed by atoms with van der Waals surface area (Å²) >= 11 is 0. The normalized spacial score (nSPS) is 18.9. The van der Waals surface area contributed by atoms with Crippen molar-refractivity contribution in [1.29, 1.82) is 0 Å². The Bertz CT molecular complexity index is 1050. The smallest absolute Gasteiger partial charge is 0.416 e. The van der Waals surface area contributed by atoms with E-state index >= 15 is 0 Å². The topological polar surface area (TPSA) is 81.4 Å². The molecule has 1 heterocycles. The number of esters is 1. The molecule has 0 atom stereocenters. The van der Waals surface area contributed by atoms with E-state index in [1.165, 1.54) is 0 Å². The second kappa shape index (κ2) is 10.9. The Labute approximate surface area is 196 Å². The number of alkyl halides is 3. The molecule has 6 nitrogen and oxygen atoms in total. The molecule has 0 aliphatic heterocycles. The van der Waals surface area contributed by atoms with Crippen molar-refractivity contribution in [2.45, 2.75) is 58.7 Å². The Morgan fingerprint density at radius 1 is 1.24 bits per heavy atom. The summed E-state index contributed by atoms with van der Waals surface area (Å²) in [5, 5.41) is 14.1. The summed E-state index contributed by atoms with van der Waals surface area (Å²) in [6, 6.07) is 2.34. The predicted octanol–water partition coefficient (Wildman–Crippen LogP) is 5.73. The van der Waals surface area contributed by atoms with Crippen molar-refractivity contribution in [3.8, 4) is 5.75 Å². The fourth-order valence-electron chi connectivity index (χ4n) is 4.30. The minimum Gasteiger partial charge on any atom is -0.507 e. The molecule has 1 aromatic carbocycles. The van der Waals surface area contributed by atoms with Crippen LogP contribution >= 0.6 is 0 Å². The molecule has 184 valence electrons. The van der Waals surface area contributed by atoms with Crippen molar-refractivity contribution in [2.24, 2.45) is 11.8 Å². The van der Waals surface area contributed by atoms with Gasteiger partial charge in [0.1, 0.15) is 11.4 Å². The SMILES string of the molecule is CCOC(=O)c1c(C)cnn1CC1CCC(/C=C/CC(=O)c2cc(C(F)(F)F)ccc2O)CC1. The number of rotatable bonds is 8. The molecule has 1 aliphatic carbocycles. The highest BCUT2D eigenvalue weighted by Gasteiger charge is 2.31. The lowest BCUT2D eigenvalue weighted by atomic mass is 9.81.